The fraction of sp³-hybridized carbons (Fsp3) is 0.909. The molecular formula is C11H25NO2. The molecule has 1 N–H and O–H groups in total. The Morgan fingerprint density at radius 1 is 1.43 bits per heavy atom. The molecule has 0 saturated carbocycles. The van der Waals surface area contributed by atoms with E-state index in [4.69, 9.17) is 5.11 Å². The maximum atomic E-state index is 10.3. The van der Waals surface area contributed by atoms with Crippen LogP contribution in [0.3, 0.4) is 0 Å². The van der Waals surface area contributed by atoms with Gasteiger partial charge in [0.05, 0.1) is 6.54 Å². The van der Waals surface area contributed by atoms with Gasteiger partial charge in [0.1, 0.15) is 0 Å². The van der Waals surface area contributed by atoms with E-state index in [-0.39, 0.29) is 6.54 Å². The zero-order chi connectivity index (χ0) is 11.6. The summed E-state index contributed by atoms with van der Waals surface area (Å²) < 4.78 is 0. The van der Waals surface area contributed by atoms with Gasteiger partial charge in [0.15, 0.2) is 0 Å². The predicted molar refractivity (Wildman–Crippen MR) is 60.6 cm³/mol. The molecule has 0 heterocycles. The molecule has 0 bridgehead atoms. The lowest BCUT2D eigenvalue weighted by Crippen LogP contribution is -2.27. The first-order valence-electron chi connectivity index (χ1n) is 5.46. The third-order valence-electron chi connectivity index (χ3n) is 2.11. The predicted octanol–water partition coefficient (Wildman–Crippen LogP) is 2.47. The maximum absolute atomic E-state index is 10.3. The second-order valence-electron chi connectivity index (χ2n) is 3.43. The van der Waals surface area contributed by atoms with Crippen LogP contribution >= 0.6 is 0 Å². The number of hydrogen-bond acceptors (Lipinski definition) is 2. The molecule has 0 aliphatic rings. The van der Waals surface area contributed by atoms with Crippen molar-refractivity contribution in [3.63, 3.8) is 0 Å². The molecule has 0 aromatic carbocycles. The molecule has 0 saturated heterocycles. The van der Waals surface area contributed by atoms with Crippen molar-refractivity contribution in [1.82, 2.24) is 4.90 Å². The third kappa shape index (κ3) is 11.4. The second-order valence-corrected chi connectivity index (χ2v) is 3.43. The Bertz CT molecular complexity index is 137. The van der Waals surface area contributed by atoms with Crippen LogP contribution in [-0.4, -0.2) is 36.1 Å². The van der Waals surface area contributed by atoms with E-state index < -0.39 is 5.97 Å². The minimum Gasteiger partial charge on any atom is -0.480 e. The average molecular weight is 203 g/mol. The molecule has 3 heteroatoms. The summed E-state index contributed by atoms with van der Waals surface area (Å²) in [5.41, 5.74) is 0. The van der Waals surface area contributed by atoms with Crippen molar-refractivity contribution in [3.05, 3.63) is 0 Å². The van der Waals surface area contributed by atoms with Gasteiger partial charge in [0.2, 0.25) is 0 Å². The molecule has 1 unspecified atom stereocenters. The quantitative estimate of drug-likeness (QED) is 0.721. The van der Waals surface area contributed by atoms with Gasteiger partial charge in [-0.1, -0.05) is 34.1 Å². The van der Waals surface area contributed by atoms with Gasteiger partial charge in [-0.05, 0) is 25.9 Å². The fourth-order valence-corrected chi connectivity index (χ4v) is 0.955. The van der Waals surface area contributed by atoms with E-state index in [1.54, 1.807) is 0 Å². The zero-order valence-corrected chi connectivity index (χ0v) is 10.2. The molecule has 3 nitrogen and oxygen atoms in total. The van der Waals surface area contributed by atoms with E-state index in [1.807, 2.05) is 25.8 Å². The van der Waals surface area contributed by atoms with Gasteiger partial charge >= 0.3 is 5.97 Å². The number of carbonyl (C=O) groups is 1. The Morgan fingerprint density at radius 2 is 1.93 bits per heavy atom. The van der Waals surface area contributed by atoms with Crippen LogP contribution < -0.4 is 0 Å². The molecule has 0 spiro atoms. The fourth-order valence-electron chi connectivity index (χ4n) is 0.955. The van der Waals surface area contributed by atoms with E-state index in [2.05, 4.69) is 13.8 Å². The lowest BCUT2D eigenvalue weighted by atomic mass is 10.1. The largest absolute Gasteiger partial charge is 0.480 e. The van der Waals surface area contributed by atoms with Crippen LogP contribution in [0.4, 0.5) is 0 Å². The molecule has 0 radical (unpaired) electrons. The van der Waals surface area contributed by atoms with Gasteiger partial charge < -0.3 is 5.11 Å². The lowest BCUT2D eigenvalue weighted by Gasteiger charge is -2.16. The number of aliphatic carboxylic acids is 1. The van der Waals surface area contributed by atoms with Gasteiger partial charge in [-0.25, -0.2) is 0 Å². The lowest BCUT2D eigenvalue weighted by molar-refractivity contribution is -0.138. The van der Waals surface area contributed by atoms with E-state index in [0.717, 1.165) is 13.0 Å². The number of likely N-dealkylation sites (N-methyl/N-ethyl adjacent to an activating group) is 1. The summed E-state index contributed by atoms with van der Waals surface area (Å²) in [4.78, 5) is 12.1. The third-order valence-corrected chi connectivity index (χ3v) is 2.11. The summed E-state index contributed by atoms with van der Waals surface area (Å²) in [6.45, 7) is 9.37. The standard InChI is InChI=1S/C9H19NO2.C2H6/c1-4-8(2)5-6-10(3)7-9(11)12;1-2/h8H,4-7H2,1-3H3,(H,11,12);1-2H3. The first kappa shape index (κ1) is 15.9. The molecule has 0 aromatic rings. The highest BCUT2D eigenvalue weighted by Gasteiger charge is 2.05. The van der Waals surface area contributed by atoms with Crippen LogP contribution in [0.1, 0.15) is 40.5 Å². The number of nitrogens with zero attached hydrogens (tertiary/aromatic N) is 1. The normalized spacial score (nSPS) is 11.9. The van der Waals surface area contributed by atoms with Crippen LogP contribution in [0, 0.1) is 5.92 Å². The molecular weight excluding hydrogens is 178 g/mol. The molecule has 0 fully saturated rings. The maximum Gasteiger partial charge on any atom is 0.317 e. The Hall–Kier alpha value is -0.570. The van der Waals surface area contributed by atoms with Crippen molar-refractivity contribution in [2.75, 3.05) is 20.1 Å². The summed E-state index contributed by atoms with van der Waals surface area (Å²) in [6, 6.07) is 0. The van der Waals surface area contributed by atoms with E-state index in [0.29, 0.717) is 5.92 Å². The highest BCUT2D eigenvalue weighted by atomic mass is 16.4. The Balaban J connectivity index is 0. The van der Waals surface area contributed by atoms with Gasteiger partial charge in [-0.2, -0.15) is 0 Å². The van der Waals surface area contributed by atoms with Crippen molar-refractivity contribution in [2.45, 2.75) is 40.5 Å². The van der Waals surface area contributed by atoms with E-state index >= 15 is 0 Å². The number of rotatable bonds is 6. The van der Waals surface area contributed by atoms with E-state index in [9.17, 15) is 4.79 Å². The minimum atomic E-state index is -0.748. The van der Waals surface area contributed by atoms with Crippen molar-refractivity contribution < 1.29 is 9.90 Å². The Labute approximate surface area is 88.1 Å². The van der Waals surface area contributed by atoms with Crippen LogP contribution in [0.5, 0.6) is 0 Å². The Morgan fingerprint density at radius 3 is 2.29 bits per heavy atom. The topological polar surface area (TPSA) is 40.5 Å². The Kier molecular flexibility index (Phi) is 11.9. The molecule has 14 heavy (non-hydrogen) atoms. The molecule has 0 rings (SSSR count). The zero-order valence-electron chi connectivity index (χ0n) is 10.2. The summed E-state index contributed by atoms with van der Waals surface area (Å²) in [6.07, 6.45) is 2.25. The minimum absolute atomic E-state index is 0.149. The van der Waals surface area contributed by atoms with Crippen LogP contribution in [-0.2, 0) is 4.79 Å². The summed E-state index contributed by atoms with van der Waals surface area (Å²) in [7, 11) is 1.84. The van der Waals surface area contributed by atoms with Crippen molar-refractivity contribution in [1.29, 1.82) is 0 Å². The molecule has 0 aliphatic carbocycles. The highest BCUT2D eigenvalue weighted by molar-refractivity contribution is 5.68. The van der Waals surface area contributed by atoms with Crippen LogP contribution in [0.2, 0.25) is 0 Å². The van der Waals surface area contributed by atoms with Gasteiger partial charge in [0.25, 0.3) is 0 Å². The second kappa shape index (κ2) is 10.5. The van der Waals surface area contributed by atoms with Crippen molar-refractivity contribution in [3.8, 4) is 0 Å². The first-order chi connectivity index (χ1) is 6.56. The van der Waals surface area contributed by atoms with Gasteiger partial charge in [0, 0.05) is 0 Å². The average Bonchev–Trinajstić information content (AvgIpc) is 2.16. The molecule has 1 atom stereocenters. The van der Waals surface area contributed by atoms with Gasteiger partial charge in [-0.15, -0.1) is 0 Å². The van der Waals surface area contributed by atoms with E-state index in [1.165, 1.54) is 6.42 Å². The molecule has 0 amide bonds. The summed E-state index contributed by atoms with van der Waals surface area (Å²) >= 11 is 0. The number of hydrogen-bond donors (Lipinski definition) is 1. The summed E-state index contributed by atoms with van der Waals surface area (Å²) in [5.74, 6) is -0.0529. The van der Waals surface area contributed by atoms with Gasteiger partial charge in [-0.3, -0.25) is 9.69 Å². The molecule has 0 aliphatic heterocycles. The molecule has 86 valence electrons. The number of carboxylic acids is 1. The highest BCUT2D eigenvalue weighted by Crippen LogP contribution is 2.06. The van der Waals surface area contributed by atoms with Crippen LogP contribution in [0.25, 0.3) is 0 Å². The SMILES string of the molecule is CC.CCC(C)CCN(C)CC(=O)O. The smallest absolute Gasteiger partial charge is 0.317 e. The van der Waals surface area contributed by atoms with Crippen molar-refractivity contribution in [2.24, 2.45) is 5.92 Å². The molecule has 0 aromatic heterocycles. The number of carboxylic acid groups (broad SMARTS) is 1. The van der Waals surface area contributed by atoms with Crippen LogP contribution in [0.15, 0.2) is 0 Å². The van der Waals surface area contributed by atoms with Crippen molar-refractivity contribution >= 4 is 5.97 Å². The first-order valence-corrected chi connectivity index (χ1v) is 5.46. The monoisotopic (exact) mass is 203 g/mol. The summed E-state index contributed by atoms with van der Waals surface area (Å²) in [5, 5.41) is 8.46.